The van der Waals surface area contributed by atoms with Gasteiger partial charge in [0.15, 0.2) is 0 Å². The van der Waals surface area contributed by atoms with Crippen LogP contribution in [0.5, 0.6) is 0 Å². The van der Waals surface area contributed by atoms with E-state index in [1.54, 1.807) is 0 Å². The average molecular weight is 224 g/mol. The lowest BCUT2D eigenvalue weighted by Gasteiger charge is -2.35. The Bertz CT molecular complexity index is 197. The van der Waals surface area contributed by atoms with E-state index in [4.69, 9.17) is 0 Å². The highest BCUT2D eigenvalue weighted by Gasteiger charge is 2.26. The van der Waals surface area contributed by atoms with E-state index in [-0.39, 0.29) is 0 Å². The third kappa shape index (κ3) is 3.74. The van der Waals surface area contributed by atoms with Crippen LogP contribution in [0.2, 0.25) is 0 Å². The quantitative estimate of drug-likeness (QED) is 0.792. The molecule has 0 bridgehead atoms. The number of piperazine rings is 1. The Morgan fingerprint density at radius 1 is 1.12 bits per heavy atom. The van der Waals surface area contributed by atoms with Gasteiger partial charge in [-0.2, -0.15) is 0 Å². The van der Waals surface area contributed by atoms with Gasteiger partial charge < -0.3 is 10.2 Å². The van der Waals surface area contributed by atoms with Crippen LogP contribution in [0.15, 0.2) is 0 Å². The van der Waals surface area contributed by atoms with Gasteiger partial charge in [-0.1, -0.05) is 13.8 Å². The minimum absolute atomic E-state index is 0.631. The van der Waals surface area contributed by atoms with E-state index in [1.165, 1.54) is 64.8 Å². The van der Waals surface area contributed by atoms with E-state index in [2.05, 4.69) is 24.1 Å². The van der Waals surface area contributed by atoms with Crippen molar-refractivity contribution >= 4 is 0 Å². The summed E-state index contributed by atoms with van der Waals surface area (Å²) < 4.78 is 0. The fraction of sp³-hybridized carbons (Fsp3) is 1.00. The maximum atomic E-state index is 3.42. The summed E-state index contributed by atoms with van der Waals surface area (Å²) in [5.74, 6) is 1.02. The van der Waals surface area contributed by atoms with Gasteiger partial charge in [-0.3, -0.25) is 0 Å². The molecule has 1 heterocycles. The van der Waals surface area contributed by atoms with E-state index in [1.807, 2.05) is 0 Å². The summed E-state index contributed by atoms with van der Waals surface area (Å²) in [7, 11) is 0. The fourth-order valence-electron chi connectivity index (χ4n) is 3.05. The third-order valence-corrected chi connectivity index (χ3v) is 4.52. The molecule has 2 fully saturated rings. The van der Waals surface area contributed by atoms with Crippen LogP contribution in [-0.4, -0.2) is 37.6 Å². The van der Waals surface area contributed by atoms with Gasteiger partial charge in [-0.05, 0) is 50.0 Å². The zero-order valence-electron chi connectivity index (χ0n) is 11.1. The lowest BCUT2D eigenvalue weighted by atomic mass is 9.72. The average Bonchev–Trinajstić information content (AvgIpc) is 2.29. The molecule has 2 rings (SSSR count). The Kier molecular flexibility index (Phi) is 4.26. The summed E-state index contributed by atoms with van der Waals surface area (Å²) in [6.07, 6.45) is 7.27. The monoisotopic (exact) mass is 224 g/mol. The molecule has 0 aromatic heterocycles. The Balaban J connectivity index is 1.63. The SMILES string of the molecule is CC1(C)CCC(CCN2CCNCC2)CC1. The van der Waals surface area contributed by atoms with Crippen LogP contribution in [0.1, 0.15) is 46.0 Å². The predicted octanol–water partition coefficient (Wildman–Crippen LogP) is 2.50. The highest BCUT2D eigenvalue weighted by atomic mass is 15.2. The highest BCUT2D eigenvalue weighted by molar-refractivity contribution is 4.79. The molecular formula is C14H28N2. The fourth-order valence-corrected chi connectivity index (χ4v) is 3.05. The van der Waals surface area contributed by atoms with Crippen molar-refractivity contribution < 1.29 is 0 Å². The maximum absolute atomic E-state index is 3.42. The highest BCUT2D eigenvalue weighted by Crippen LogP contribution is 2.39. The van der Waals surface area contributed by atoms with Gasteiger partial charge in [0.2, 0.25) is 0 Å². The number of hydrogen-bond acceptors (Lipinski definition) is 2. The molecule has 0 atom stereocenters. The first kappa shape index (κ1) is 12.4. The zero-order chi connectivity index (χ0) is 11.4. The number of nitrogens with zero attached hydrogens (tertiary/aromatic N) is 1. The van der Waals surface area contributed by atoms with Gasteiger partial charge in [-0.15, -0.1) is 0 Å². The lowest BCUT2D eigenvalue weighted by molar-refractivity contribution is 0.161. The molecule has 0 unspecified atom stereocenters. The van der Waals surface area contributed by atoms with Crippen LogP contribution in [0, 0.1) is 11.3 Å². The van der Waals surface area contributed by atoms with E-state index in [0.29, 0.717) is 5.41 Å². The molecule has 1 aliphatic carbocycles. The van der Waals surface area contributed by atoms with E-state index < -0.39 is 0 Å². The molecule has 2 aliphatic rings. The van der Waals surface area contributed by atoms with Crippen molar-refractivity contribution in [2.24, 2.45) is 11.3 Å². The van der Waals surface area contributed by atoms with Crippen molar-refractivity contribution in [1.29, 1.82) is 0 Å². The molecule has 2 heteroatoms. The maximum Gasteiger partial charge on any atom is 0.0107 e. The third-order valence-electron chi connectivity index (χ3n) is 4.52. The topological polar surface area (TPSA) is 15.3 Å². The van der Waals surface area contributed by atoms with Crippen molar-refractivity contribution in [3.8, 4) is 0 Å². The Hall–Kier alpha value is -0.0800. The van der Waals surface area contributed by atoms with Crippen LogP contribution in [-0.2, 0) is 0 Å². The molecule has 0 aromatic carbocycles. The molecule has 1 saturated carbocycles. The Morgan fingerprint density at radius 3 is 2.38 bits per heavy atom. The van der Waals surface area contributed by atoms with Gasteiger partial charge in [0.25, 0.3) is 0 Å². The second kappa shape index (κ2) is 5.50. The summed E-state index contributed by atoms with van der Waals surface area (Å²) in [6.45, 7) is 11.1. The first-order valence-electron chi connectivity index (χ1n) is 7.09. The standard InChI is InChI=1S/C14H28N2/c1-14(2)6-3-13(4-7-14)5-10-16-11-8-15-9-12-16/h13,15H,3-12H2,1-2H3. The van der Waals surface area contributed by atoms with Crippen LogP contribution in [0.25, 0.3) is 0 Å². The van der Waals surface area contributed by atoms with Crippen LogP contribution in [0.4, 0.5) is 0 Å². The van der Waals surface area contributed by atoms with Crippen LogP contribution in [0.3, 0.4) is 0 Å². The molecule has 16 heavy (non-hydrogen) atoms. The second-order valence-corrected chi connectivity index (χ2v) is 6.49. The van der Waals surface area contributed by atoms with Crippen molar-refractivity contribution in [1.82, 2.24) is 10.2 Å². The Morgan fingerprint density at radius 2 is 1.75 bits per heavy atom. The second-order valence-electron chi connectivity index (χ2n) is 6.49. The molecular weight excluding hydrogens is 196 g/mol. The largest absolute Gasteiger partial charge is 0.314 e. The number of nitrogens with one attached hydrogen (secondary N) is 1. The van der Waals surface area contributed by atoms with Crippen molar-refractivity contribution in [3.63, 3.8) is 0 Å². The van der Waals surface area contributed by atoms with E-state index in [9.17, 15) is 0 Å². The summed E-state index contributed by atoms with van der Waals surface area (Å²) >= 11 is 0. The lowest BCUT2D eigenvalue weighted by Crippen LogP contribution is -2.44. The molecule has 0 amide bonds. The van der Waals surface area contributed by atoms with Gasteiger partial charge in [0, 0.05) is 26.2 Å². The van der Waals surface area contributed by atoms with E-state index in [0.717, 1.165) is 5.92 Å². The molecule has 0 aromatic rings. The van der Waals surface area contributed by atoms with Gasteiger partial charge >= 0.3 is 0 Å². The summed E-state index contributed by atoms with van der Waals surface area (Å²) in [5.41, 5.74) is 0.631. The number of rotatable bonds is 3. The Labute approximate surface area is 101 Å². The summed E-state index contributed by atoms with van der Waals surface area (Å²) in [5, 5.41) is 3.42. The number of hydrogen-bond donors (Lipinski definition) is 1. The molecule has 0 spiro atoms. The van der Waals surface area contributed by atoms with Crippen molar-refractivity contribution in [2.75, 3.05) is 32.7 Å². The van der Waals surface area contributed by atoms with Gasteiger partial charge in [0.05, 0.1) is 0 Å². The predicted molar refractivity (Wildman–Crippen MR) is 69.7 cm³/mol. The van der Waals surface area contributed by atoms with Crippen molar-refractivity contribution in [2.45, 2.75) is 46.0 Å². The summed E-state index contributed by atoms with van der Waals surface area (Å²) in [4.78, 5) is 2.64. The molecule has 1 N–H and O–H groups in total. The first-order chi connectivity index (χ1) is 7.66. The smallest absolute Gasteiger partial charge is 0.0107 e. The van der Waals surface area contributed by atoms with Gasteiger partial charge in [0.1, 0.15) is 0 Å². The molecule has 94 valence electrons. The van der Waals surface area contributed by atoms with Crippen LogP contribution >= 0.6 is 0 Å². The molecule has 1 saturated heterocycles. The van der Waals surface area contributed by atoms with Gasteiger partial charge in [-0.25, -0.2) is 0 Å². The zero-order valence-corrected chi connectivity index (χ0v) is 11.1. The molecule has 2 nitrogen and oxygen atoms in total. The first-order valence-corrected chi connectivity index (χ1v) is 7.09. The summed E-state index contributed by atoms with van der Waals surface area (Å²) in [6, 6.07) is 0. The van der Waals surface area contributed by atoms with Crippen LogP contribution < -0.4 is 5.32 Å². The van der Waals surface area contributed by atoms with Crippen molar-refractivity contribution in [3.05, 3.63) is 0 Å². The normalized spacial score (nSPS) is 28.1. The minimum atomic E-state index is 0.631. The molecule has 1 aliphatic heterocycles. The van der Waals surface area contributed by atoms with E-state index >= 15 is 0 Å². The minimum Gasteiger partial charge on any atom is -0.314 e. The molecule has 0 radical (unpaired) electrons.